The summed E-state index contributed by atoms with van der Waals surface area (Å²) < 4.78 is 24.8. The number of benzene rings is 2. The van der Waals surface area contributed by atoms with Crippen LogP contribution in [0.15, 0.2) is 64.0 Å². The van der Waals surface area contributed by atoms with Gasteiger partial charge in [-0.2, -0.15) is 0 Å². The number of carbonyl (C=O) groups is 1. The summed E-state index contributed by atoms with van der Waals surface area (Å²) in [7, 11) is -3.70. The maximum Gasteiger partial charge on any atom is 0.259 e. The van der Waals surface area contributed by atoms with Gasteiger partial charge in [0, 0.05) is 4.47 Å². The van der Waals surface area contributed by atoms with Crippen LogP contribution in [0, 0.1) is 0 Å². The quantitative estimate of drug-likeness (QED) is 0.777. The Labute approximate surface area is 137 Å². The number of nitrogens with one attached hydrogen (secondary N) is 1. The minimum absolute atomic E-state index is 0.0834. The summed E-state index contributed by atoms with van der Waals surface area (Å²) in [6.07, 6.45) is 0. The molecular formula is C15H14BrNO4S. The van der Waals surface area contributed by atoms with Crippen LogP contribution in [0.25, 0.3) is 0 Å². The number of amides is 1. The second-order valence-corrected chi connectivity index (χ2v) is 7.42. The SMILES string of the molecule is O=C(CS(=O)(=O)c1cccc(Br)c1)NOCc1ccccc1. The summed E-state index contributed by atoms with van der Waals surface area (Å²) in [5, 5.41) is 0. The molecule has 2 rings (SSSR count). The van der Waals surface area contributed by atoms with E-state index in [1.165, 1.54) is 12.1 Å². The van der Waals surface area contributed by atoms with Crippen LogP contribution in [-0.4, -0.2) is 20.1 Å². The number of hydrogen-bond acceptors (Lipinski definition) is 4. The molecule has 116 valence electrons. The molecule has 1 N–H and O–H groups in total. The van der Waals surface area contributed by atoms with Gasteiger partial charge in [0.25, 0.3) is 5.91 Å². The first-order valence-electron chi connectivity index (χ1n) is 6.40. The van der Waals surface area contributed by atoms with E-state index in [1.807, 2.05) is 30.3 Å². The van der Waals surface area contributed by atoms with Gasteiger partial charge in [0.15, 0.2) is 9.84 Å². The van der Waals surface area contributed by atoms with Crippen molar-refractivity contribution in [2.24, 2.45) is 0 Å². The van der Waals surface area contributed by atoms with Crippen LogP contribution < -0.4 is 5.48 Å². The van der Waals surface area contributed by atoms with Crippen LogP contribution in [0.1, 0.15) is 5.56 Å². The van der Waals surface area contributed by atoms with E-state index < -0.39 is 21.5 Å². The Hall–Kier alpha value is -1.70. The van der Waals surface area contributed by atoms with Crippen LogP contribution in [-0.2, 0) is 26.1 Å². The van der Waals surface area contributed by atoms with Crippen molar-refractivity contribution < 1.29 is 18.0 Å². The second-order valence-electron chi connectivity index (χ2n) is 4.52. The van der Waals surface area contributed by atoms with Crippen molar-refractivity contribution in [3.05, 3.63) is 64.6 Å². The summed E-state index contributed by atoms with van der Waals surface area (Å²) >= 11 is 3.20. The highest BCUT2D eigenvalue weighted by atomic mass is 79.9. The number of rotatable bonds is 6. The molecule has 0 aliphatic rings. The zero-order chi connectivity index (χ0) is 16.0. The third-order valence-electron chi connectivity index (χ3n) is 2.74. The zero-order valence-corrected chi connectivity index (χ0v) is 13.9. The van der Waals surface area contributed by atoms with Gasteiger partial charge in [-0.25, -0.2) is 13.9 Å². The molecule has 7 heteroatoms. The summed E-state index contributed by atoms with van der Waals surface area (Å²) in [5.41, 5.74) is 3.01. The van der Waals surface area contributed by atoms with Gasteiger partial charge in [-0.3, -0.25) is 9.63 Å². The zero-order valence-electron chi connectivity index (χ0n) is 11.5. The Bertz CT molecular complexity index is 747. The summed E-state index contributed by atoms with van der Waals surface area (Å²) in [6.45, 7) is 0.170. The lowest BCUT2D eigenvalue weighted by Gasteiger charge is -2.07. The van der Waals surface area contributed by atoms with Crippen LogP contribution in [0.4, 0.5) is 0 Å². The molecule has 0 saturated carbocycles. The Morgan fingerprint density at radius 3 is 2.50 bits per heavy atom. The predicted octanol–water partition coefficient (Wildman–Crippen LogP) is 2.47. The molecule has 0 heterocycles. The van der Waals surface area contributed by atoms with Gasteiger partial charge >= 0.3 is 0 Å². The number of halogens is 1. The van der Waals surface area contributed by atoms with Gasteiger partial charge in [0.1, 0.15) is 5.75 Å². The first-order valence-corrected chi connectivity index (χ1v) is 8.85. The Morgan fingerprint density at radius 1 is 1.09 bits per heavy atom. The van der Waals surface area contributed by atoms with Crippen molar-refractivity contribution in [3.63, 3.8) is 0 Å². The van der Waals surface area contributed by atoms with Crippen molar-refractivity contribution in [2.75, 3.05) is 5.75 Å². The molecule has 2 aromatic rings. The molecule has 5 nitrogen and oxygen atoms in total. The molecule has 1 amide bonds. The highest BCUT2D eigenvalue weighted by molar-refractivity contribution is 9.10. The molecule has 0 spiro atoms. The molecule has 0 atom stereocenters. The van der Waals surface area contributed by atoms with E-state index in [0.29, 0.717) is 4.47 Å². The van der Waals surface area contributed by atoms with Crippen molar-refractivity contribution in [1.29, 1.82) is 0 Å². The fourth-order valence-electron chi connectivity index (χ4n) is 1.72. The van der Waals surface area contributed by atoms with Crippen molar-refractivity contribution >= 4 is 31.7 Å². The molecule has 0 aromatic heterocycles. The molecule has 0 bridgehead atoms. The van der Waals surface area contributed by atoms with E-state index in [0.717, 1.165) is 5.56 Å². The van der Waals surface area contributed by atoms with Gasteiger partial charge in [0.2, 0.25) is 0 Å². The van der Waals surface area contributed by atoms with Crippen LogP contribution in [0.5, 0.6) is 0 Å². The third kappa shape index (κ3) is 4.94. The third-order valence-corrected chi connectivity index (χ3v) is 4.85. The van der Waals surface area contributed by atoms with E-state index in [9.17, 15) is 13.2 Å². The Balaban J connectivity index is 1.88. The Morgan fingerprint density at radius 2 is 1.82 bits per heavy atom. The maximum atomic E-state index is 12.1. The van der Waals surface area contributed by atoms with E-state index >= 15 is 0 Å². The topological polar surface area (TPSA) is 72.5 Å². The lowest BCUT2D eigenvalue weighted by molar-refractivity contribution is -0.131. The van der Waals surface area contributed by atoms with Crippen molar-refractivity contribution in [3.8, 4) is 0 Å². The number of carbonyl (C=O) groups excluding carboxylic acids is 1. The highest BCUT2D eigenvalue weighted by Crippen LogP contribution is 2.17. The van der Waals surface area contributed by atoms with Crippen LogP contribution in [0.2, 0.25) is 0 Å². The molecule has 22 heavy (non-hydrogen) atoms. The number of sulfone groups is 1. The molecule has 0 aliphatic carbocycles. The largest absolute Gasteiger partial charge is 0.272 e. The maximum absolute atomic E-state index is 12.1. The minimum atomic E-state index is -3.70. The van der Waals surface area contributed by atoms with Gasteiger partial charge in [-0.15, -0.1) is 0 Å². The number of hydroxylamine groups is 1. The van der Waals surface area contributed by atoms with Crippen LogP contribution >= 0.6 is 15.9 Å². The van der Waals surface area contributed by atoms with E-state index in [-0.39, 0.29) is 11.5 Å². The molecular weight excluding hydrogens is 370 g/mol. The number of hydrogen-bond donors (Lipinski definition) is 1. The Kier molecular flexibility index (Phi) is 5.70. The fraction of sp³-hybridized carbons (Fsp3) is 0.133. The first-order chi connectivity index (χ1) is 10.5. The predicted molar refractivity (Wildman–Crippen MR) is 85.6 cm³/mol. The standard InChI is InChI=1S/C15H14BrNO4S/c16-13-7-4-8-14(9-13)22(19,20)11-15(18)17-21-10-12-5-2-1-3-6-12/h1-9H,10-11H2,(H,17,18). The minimum Gasteiger partial charge on any atom is -0.272 e. The lowest BCUT2D eigenvalue weighted by Crippen LogP contribution is -2.30. The average Bonchev–Trinajstić information content (AvgIpc) is 2.48. The first kappa shape index (κ1) is 16.7. The molecule has 0 fully saturated rings. The normalized spacial score (nSPS) is 11.1. The summed E-state index contributed by atoms with van der Waals surface area (Å²) in [5.74, 6) is -1.38. The highest BCUT2D eigenvalue weighted by Gasteiger charge is 2.19. The van der Waals surface area contributed by atoms with Gasteiger partial charge in [0.05, 0.1) is 11.5 Å². The molecule has 0 aliphatic heterocycles. The van der Waals surface area contributed by atoms with E-state index in [4.69, 9.17) is 4.84 Å². The molecule has 0 radical (unpaired) electrons. The molecule has 0 unspecified atom stereocenters. The second kappa shape index (κ2) is 7.53. The van der Waals surface area contributed by atoms with Gasteiger partial charge in [-0.1, -0.05) is 52.3 Å². The smallest absolute Gasteiger partial charge is 0.259 e. The van der Waals surface area contributed by atoms with Crippen molar-refractivity contribution in [2.45, 2.75) is 11.5 Å². The van der Waals surface area contributed by atoms with E-state index in [1.54, 1.807) is 12.1 Å². The van der Waals surface area contributed by atoms with Crippen LogP contribution in [0.3, 0.4) is 0 Å². The summed E-state index contributed by atoms with van der Waals surface area (Å²) in [6, 6.07) is 15.4. The summed E-state index contributed by atoms with van der Waals surface area (Å²) in [4.78, 5) is 16.8. The van der Waals surface area contributed by atoms with Gasteiger partial charge < -0.3 is 0 Å². The fourth-order valence-corrected chi connectivity index (χ4v) is 3.43. The molecule has 0 saturated heterocycles. The van der Waals surface area contributed by atoms with E-state index in [2.05, 4.69) is 21.4 Å². The monoisotopic (exact) mass is 383 g/mol. The van der Waals surface area contributed by atoms with Crippen molar-refractivity contribution in [1.82, 2.24) is 5.48 Å². The average molecular weight is 384 g/mol. The lowest BCUT2D eigenvalue weighted by atomic mass is 10.2. The molecule has 2 aromatic carbocycles. The van der Waals surface area contributed by atoms with Gasteiger partial charge in [-0.05, 0) is 23.8 Å².